The lowest BCUT2D eigenvalue weighted by atomic mass is 10.0. The van der Waals surface area contributed by atoms with Crippen LogP contribution in [0.15, 0.2) is 46.1 Å². The molecule has 4 rings (SSSR count). The summed E-state index contributed by atoms with van der Waals surface area (Å²) in [4.78, 5) is 20.4. The molecular weight excluding hydrogens is 410 g/mol. The molecule has 1 amide bonds. The maximum atomic E-state index is 10.9. The molecule has 0 fully saturated rings. The lowest BCUT2D eigenvalue weighted by molar-refractivity contribution is -0.122. The van der Waals surface area contributed by atoms with E-state index in [9.17, 15) is 10.1 Å². The summed E-state index contributed by atoms with van der Waals surface area (Å²) in [6.45, 7) is 3.54. The number of primary amides is 1. The number of rotatable bonds is 7. The summed E-state index contributed by atoms with van der Waals surface area (Å²) < 4.78 is 11.2. The van der Waals surface area contributed by atoms with Crippen LogP contribution in [0.5, 0.6) is 5.75 Å². The van der Waals surface area contributed by atoms with Crippen molar-refractivity contribution in [3.8, 4) is 34.7 Å². The molecular formula is C23H21N5O4. The van der Waals surface area contributed by atoms with E-state index >= 15 is 0 Å². The van der Waals surface area contributed by atoms with Gasteiger partial charge in [-0.25, -0.2) is 0 Å². The van der Waals surface area contributed by atoms with Gasteiger partial charge in [0, 0.05) is 16.7 Å². The zero-order valence-electron chi connectivity index (χ0n) is 17.7. The zero-order valence-corrected chi connectivity index (χ0v) is 17.7. The molecule has 32 heavy (non-hydrogen) atoms. The van der Waals surface area contributed by atoms with Crippen molar-refractivity contribution in [1.29, 1.82) is 5.26 Å². The molecule has 0 spiro atoms. The Morgan fingerprint density at radius 2 is 2.09 bits per heavy atom. The fraction of sp³-hybridized carbons (Fsp3) is 0.261. The summed E-state index contributed by atoms with van der Waals surface area (Å²) in [5.74, 6) is 0.681. The van der Waals surface area contributed by atoms with E-state index in [0.717, 1.165) is 28.8 Å². The molecule has 0 unspecified atom stereocenters. The molecule has 1 aliphatic rings. The predicted molar refractivity (Wildman–Crippen MR) is 116 cm³/mol. The minimum Gasteiger partial charge on any atom is -0.490 e. The van der Waals surface area contributed by atoms with Gasteiger partial charge in [0.1, 0.15) is 11.8 Å². The first-order valence-electron chi connectivity index (χ1n) is 10.1. The molecule has 9 nitrogen and oxygen atoms in total. The van der Waals surface area contributed by atoms with Crippen LogP contribution in [0.2, 0.25) is 0 Å². The number of nitrogens with two attached hydrogens (primary N) is 1. The molecule has 2 N–H and O–H groups in total. The van der Waals surface area contributed by atoms with Crippen molar-refractivity contribution >= 4 is 11.6 Å². The van der Waals surface area contributed by atoms with Crippen molar-refractivity contribution in [2.45, 2.75) is 32.8 Å². The Morgan fingerprint density at radius 1 is 1.28 bits per heavy atom. The van der Waals surface area contributed by atoms with E-state index in [-0.39, 0.29) is 12.7 Å². The molecule has 0 aliphatic heterocycles. The summed E-state index contributed by atoms with van der Waals surface area (Å²) in [6.07, 6.45) is 1.35. The second-order valence-electron chi connectivity index (χ2n) is 7.52. The fourth-order valence-corrected chi connectivity index (χ4v) is 3.54. The quantitative estimate of drug-likeness (QED) is 0.567. The number of hydrogen-bond donors (Lipinski definition) is 1. The Balaban J connectivity index is 1.62. The number of oxime groups is 1. The highest BCUT2D eigenvalue weighted by Gasteiger charge is 2.24. The van der Waals surface area contributed by atoms with Gasteiger partial charge in [0.05, 0.1) is 17.4 Å². The minimum atomic E-state index is -0.580. The number of hydrogen-bond acceptors (Lipinski definition) is 8. The predicted octanol–water partition coefficient (Wildman–Crippen LogP) is 3.21. The second kappa shape index (κ2) is 8.89. The fourth-order valence-electron chi connectivity index (χ4n) is 3.54. The Kier molecular flexibility index (Phi) is 5.85. The van der Waals surface area contributed by atoms with Crippen molar-refractivity contribution in [1.82, 2.24) is 10.1 Å². The van der Waals surface area contributed by atoms with E-state index in [2.05, 4.69) is 21.4 Å². The van der Waals surface area contributed by atoms with E-state index < -0.39 is 5.91 Å². The number of benzene rings is 2. The van der Waals surface area contributed by atoms with Gasteiger partial charge < -0.3 is 19.8 Å². The van der Waals surface area contributed by atoms with Gasteiger partial charge in [-0.1, -0.05) is 28.5 Å². The maximum Gasteiger partial charge on any atom is 0.258 e. The number of nitriles is 1. The van der Waals surface area contributed by atoms with Gasteiger partial charge in [-0.3, -0.25) is 4.79 Å². The zero-order chi connectivity index (χ0) is 22.7. The van der Waals surface area contributed by atoms with Crippen LogP contribution in [0, 0.1) is 11.3 Å². The van der Waals surface area contributed by atoms with Gasteiger partial charge in [0.25, 0.3) is 11.8 Å². The number of aromatic nitrogens is 2. The van der Waals surface area contributed by atoms with Crippen molar-refractivity contribution < 1.29 is 18.9 Å². The molecule has 0 saturated heterocycles. The van der Waals surface area contributed by atoms with Crippen LogP contribution in [-0.4, -0.2) is 34.5 Å². The summed E-state index contributed by atoms with van der Waals surface area (Å²) >= 11 is 0. The van der Waals surface area contributed by atoms with Crippen LogP contribution in [0.1, 0.15) is 37.0 Å². The third kappa shape index (κ3) is 4.30. The summed E-state index contributed by atoms with van der Waals surface area (Å²) in [7, 11) is 0. The van der Waals surface area contributed by atoms with Crippen molar-refractivity contribution in [3.63, 3.8) is 0 Å². The SMILES string of the molecule is CC(C)Oc1ccc(-c2nc(-c3cccc4c3CCC4=NOCC(N)=O)no2)cc1C#N. The van der Waals surface area contributed by atoms with Gasteiger partial charge in [0.2, 0.25) is 5.82 Å². The molecule has 162 valence electrons. The molecule has 0 bridgehead atoms. The number of carbonyl (C=O) groups excluding carboxylic acids is 1. The lowest BCUT2D eigenvalue weighted by Crippen LogP contribution is -2.16. The summed E-state index contributed by atoms with van der Waals surface area (Å²) in [5.41, 5.74) is 9.63. The van der Waals surface area contributed by atoms with Crippen molar-refractivity contribution in [2.75, 3.05) is 6.61 Å². The van der Waals surface area contributed by atoms with Crippen LogP contribution in [-0.2, 0) is 16.1 Å². The van der Waals surface area contributed by atoms with E-state index in [1.54, 1.807) is 18.2 Å². The second-order valence-corrected chi connectivity index (χ2v) is 7.52. The molecule has 0 saturated carbocycles. The number of carbonyl (C=O) groups is 1. The summed E-state index contributed by atoms with van der Waals surface area (Å²) in [5, 5.41) is 17.7. The first-order valence-corrected chi connectivity index (χ1v) is 10.1. The molecule has 3 aromatic rings. The first-order chi connectivity index (χ1) is 15.5. The number of fused-ring (bicyclic) bond motifs is 1. The van der Waals surface area contributed by atoms with Crippen LogP contribution in [0.25, 0.3) is 22.8 Å². The van der Waals surface area contributed by atoms with E-state index in [1.807, 2.05) is 32.0 Å². The maximum absolute atomic E-state index is 10.9. The van der Waals surface area contributed by atoms with Gasteiger partial charge in [-0.15, -0.1) is 0 Å². The number of amides is 1. The highest BCUT2D eigenvalue weighted by Crippen LogP contribution is 2.33. The Bertz CT molecular complexity index is 1240. The Morgan fingerprint density at radius 3 is 2.84 bits per heavy atom. The number of ether oxygens (including phenoxy) is 1. The van der Waals surface area contributed by atoms with Gasteiger partial charge >= 0.3 is 0 Å². The number of nitrogens with zero attached hydrogens (tertiary/aromatic N) is 4. The van der Waals surface area contributed by atoms with E-state index in [4.69, 9.17) is 19.8 Å². The molecule has 1 heterocycles. The first kappa shape index (κ1) is 21.1. The average molecular weight is 431 g/mol. The monoisotopic (exact) mass is 431 g/mol. The summed E-state index contributed by atoms with van der Waals surface area (Å²) in [6, 6.07) is 13.1. The molecule has 1 aromatic heterocycles. The molecule has 0 radical (unpaired) electrons. The standard InChI is InChI=1S/C23H21N5O4/c1-13(2)31-20-9-6-14(10-15(20)11-24)23-26-22(28-32-23)18-5-3-4-17-16(18)7-8-19(17)27-30-12-21(25)29/h3-6,9-10,13H,7-8,12H2,1-2H3,(H2,25,29). The largest absolute Gasteiger partial charge is 0.490 e. The van der Waals surface area contributed by atoms with Gasteiger partial charge in [-0.05, 0) is 50.5 Å². The van der Waals surface area contributed by atoms with Crippen LogP contribution >= 0.6 is 0 Å². The van der Waals surface area contributed by atoms with Gasteiger partial charge in [0.15, 0.2) is 6.61 Å². The highest BCUT2D eigenvalue weighted by atomic mass is 16.6. The molecule has 0 atom stereocenters. The van der Waals surface area contributed by atoms with Crippen molar-refractivity contribution in [3.05, 3.63) is 53.1 Å². The Labute approximate surface area is 184 Å². The molecule has 2 aromatic carbocycles. The van der Waals surface area contributed by atoms with Gasteiger partial charge in [-0.2, -0.15) is 10.2 Å². The van der Waals surface area contributed by atoms with E-state index in [1.165, 1.54) is 0 Å². The minimum absolute atomic E-state index is 0.0437. The van der Waals surface area contributed by atoms with E-state index in [0.29, 0.717) is 35.0 Å². The average Bonchev–Trinajstić information content (AvgIpc) is 3.41. The normalized spacial score (nSPS) is 13.8. The third-order valence-electron chi connectivity index (χ3n) is 4.86. The van der Waals surface area contributed by atoms with Crippen molar-refractivity contribution in [2.24, 2.45) is 10.9 Å². The third-order valence-corrected chi connectivity index (χ3v) is 4.86. The molecule has 1 aliphatic carbocycles. The van der Waals surface area contributed by atoms with Crippen LogP contribution in [0.4, 0.5) is 0 Å². The highest BCUT2D eigenvalue weighted by molar-refractivity contribution is 6.05. The smallest absolute Gasteiger partial charge is 0.258 e. The molecule has 9 heteroatoms. The lowest BCUT2D eigenvalue weighted by Gasteiger charge is -2.11. The Hall–Kier alpha value is -4.19. The van der Waals surface area contributed by atoms with Crippen LogP contribution < -0.4 is 10.5 Å². The topological polar surface area (TPSA) is 137 Å². The van der Waals surface area contributed by atoms with Crippen LogP contribution in [0.3, 0.4) is 0 Å².